The van der Waals surface area contributed by atoms with E-state index in [9.17, 15) is 0 Å². The molecule has 0 radical (unpaired) electrons. The zero-order valence-electron chi connectivity index (χ0n) is 3.82. The summed E-state index contributed by atoms with van der Waals surface area (Å²) in [5.74, 6) is 0. The molecule has 0 bridgehead atoms. The van der Waals surface area contributed by atoms with Crippen LogP contribution in [-0.4, -0.2) is 4.33 Å². The van der Waals surface area contributed by atoms with Crippen LogP contribution in [0.15, 0.2) is 25.3 Å². The van der Waals surface area contributed by atoms with E-state index in [1.54, 1.807) is 0 Å². The molecule has 0 heterocycles. The van der Waals surface area contributed by atoms with Crippen LogP contribution in [0, 0.1) is 0 Å². The van der Waals surface area contributed by atoms with E-state index < -0.39 is 4.33 Å². The Balaban J connectivity index is 3.82. The normalized spacial score (nSPS) is 10.6. The molecule has 0 nitrogen and oxygen atoms in total. The van der Waals surface area contributed by atoms with Crippen molar-refractivity contribution in [2.75, 3.05) is 0 Å². The smallest absolute Gasteiger partial charge is 0.0998 e. The van der Waals surface area contributed by atoms with Gasteiger partial charge in [-0.05, 0) is 0 Å². The Morgan fingerprint density at radius 3 is 1.43 bits per heavy atom. The summed E-state index contributed by atoms with van der Waals surface area (Å²) in [6.45, 7) is 6.74. The van der Waals surface area contributed by atoms with E-state index in [-0.39, 0.29) is 0 Å². The third-order valence-corrected chi connectivity index (χ3v) is 1.16. The van der Waals surface area contributed by atoms with E-state index in [4.69, 9.17) is 23.2 Å². The molecule has 7 heavy (non-hydrogen) atoms. The first-order valence-electron chi connectivity index (χ1n) is 1.77. The topological polar surface area (TPSA) is 0 Å². The summed E-state index contributed by atoms with van der Waals surface area (Å²) in [4.78, 5) is 0. The Hall–Kier alpha value is 0.0600. The molecule has 0 aromatic rings. The van der Waals surface area contributed by atoms with Crippen LogP contribution in [-0.2, 0) is 0 Å². The molecule has 0 spiro atoms. The standard InChI is InChI=1S/C5H6Cl2/c1-3-5(6,7)4-2/h3-4H,1-2H2. The highest BCUT2D eigenvalue weighted by molar-refractivity contribution is 6.51. The van der Waals surface area contributed by atoms with E-state index in [1.165, 1.54) is 12.2 Å². The summed E-state index contributed by atoms with van der Waals surface area (Å²) in [5.41, 5.74) is 0. The van der Waals surface area contributed by atoms with E-state index in [2.05, 4.69) is 13.2 Å². The van der Waals surface area contributed by atoms with E-state index in [0.717, 1.165) is 0 Å². The van der Waals surface area contributed by atoms with Gasteiger partial charge in [0.25, 0.3) is 0 Å². The van der Waals surface area contributed by atoms with Crippen molar-refractivity contribution >= 4 is 23.2 Å². The van der Waals surface area contributed by atoms with Gasteiger partial charge in [0.05, 0.1) is 0 Å². The van der Waals surface area contributed by atoms with Gasteiger partial charge in [0.2, 0.25) is 0 Å². The molecule has 0 aromatic heterocycles. The SMILES string of the molecule is C=CC(Cl)(Cl)C=C. The molecular weight excluding hydrogens is 131 g/mol. The van der Waals surface area contributed by atoms with Gasteiger partial charge in [0.1, 0.15) is 0 Å². The summed E-state index contributed by atoms with van der Waals surface area (Å²) in [7, 11) is 0. The third kappa shape index (κ3) is 2.72. The monoisotopic (exact) mass is 136 g/mol. The van der Waals surface area contributed by atoms with Gasteiger partial charge in [0, 0.05) is 0 Å². The maximum Gasteiger partial charge on any atom is 0.153 e. The van der Waals surface area contributed by atoms with Crippen molar-refractivity contribution in [2.45, 2.75) is 4.33 Å². The van der Waals surface area contributed by atoms with Gasteiger partial charge >= 0.3 is 0 Å². The summed E-state index contributed by atoms with van der Waals surface area (Å²) in [6.07, 6.45) is 2.81. The van der Waals surface area contributed by atoms with E-state index in [0.29, 0.717) is 0 Å². The van der Waals surface area contributed by atoms with Crippen molar-refractivity contribution < 1.29 is 0 Å². The minimum absolute atomic E-state index is 0.944. The molecule has 0 unspecified atom stereocenters. The van der Waals surface area contributed by atoms with Crippen LogP contribution in [0.1, 0.15) is 0 Å². The summed E-state index contributed by atoms with van der Waals surface area (Å²) < 4.78 is -0.944. The van der Waals surface area contributed by atoms with Crippen molar-refractivity contribution in [2.24, 2.45) is 0 Å². The van der Waals surface area contributed by atoms with Gasteiger partial charge < -0.3 is 0 Å². The highest BCUT2D eigenvalue weighted by atomic mass is 35.5. The fourth-order valence-corrected chi connectivity index (χ4v) is 0.0833. The molecule has 0 aromatic carbocycles. The molecule has 0 N–H and O–H groups in total. The average molecular weight is 137 g/mol. The maximum absolute atomic E-state index is 5.43. The largest absolute Gasteiger partial charge is 0.153 e. The molecule has 0 fully saturated rings. The van der Waals surface area contributed by atoms with Crippen LogP contribution in [0.2, 0.25) is 0 Å². The van der Waals surface area contributed by atoms with E-state index >= 15 is 0 Å². The number of hydrogen-bond donors (Lipinski definition) is 0. The van der Waals surface area contributed by atoms with Crippen molar-refractivity contribution in [3.63, 3.8) is 0 Å². The van der Waals surface area contributed by atoms with Gasteiger partial charge in [-0.1, -0.05) is 48.5 Å². The predicted molar refractivity (Wildman–Crippen MR) is 34.8 cm³/mol. The Labute approximate surface area is 53.4 Å². The molecule has 0 rings (SSSR count). The zero-order chi connectivity index (χ0) is 5.91. The van der Waals surface area contributed by atoms with Crippen LogP contribution in [0.4, 0.5) is 0 Å². The average Bonchev–Trinajstić information content (AvgIpc) is 1.68. The Morgan fingerprint density at radius 1 is 1.14 bits per heavy atom. The summed E-state index contributed by atoms with van der Waals surface area (Å²) in [6, 6.07) is 0. The van der Waals surface area contributed by atoms with Crippen LogP contribution in [0.3, 0.4) is 0 Å². The van der Waals surface area contributed by atoms with Crippen molar-refractivity contribution in [1.82, 2.24) is 0 Å². The minimum Gasteiger partial charge on any atom is -0.0998 e. The Kier molecular flexibility index (Phi) is 2.41. The molecule has 0 saturated heterocycles. The van der Waals surface area contributed by atoms with Crippen LogP contribution < -0.4 is 0 Å². The van der Waals surface area contributed by atoms with Crippen LogP contribution in [0.25, 0.3) is 0 Å². The highest BCUT2D eigenvalue weighted by Gasteiger charge is 2.10. The lowest BCUT2D eigenvalue weighted by Crippen LogP contribution is -1.99. The van der Waals surface area contributed by atoms with Gasteiger partial charge in [-0.2, -0.15) is 0 Å². The highest BCUT2D eigenvalue weighted by Crippen LogP contribution is 2.21. The zero-order valence-corrected chi connectivity index (χ0v) is 5.34. The second-order valence-electron chi connectivity index (χ2n) is 1.08. The second-order valence-corrected chi connectivity index (χ2v) is 2.53. The molecule has 0 aliphatic rings. The van der Waals surface area contributed by atoms with Crippen LogP contribution >= 0.6 is 23.2 Å². The van der Waals surface area contributed by atoms with E-state index in [1.807, 2.05) is 0 Å². The molecule has 0 amide bonds. The Bertz CT molecular complexity index is 74.1. The lowest BCUT2D eigenvalue weighted by molar-refractivity contribution is 1.29. The van der Waals surface area contributed by atoms with Crippen LogP contribution in [0.5, 0.6) is 0 Å². The number of rotatable bonds is 2. The number of alkyl halides is 2. The molecule has 0 atom stereocenters. The molecule has 0 saturated carbocycles. The summed E-state index contributed by atoms with van der Waals surface area (Å²) in [5, 5.41) is 0. The lowest BCUT2D eigenvalue weighted by atomic mass is 10.4. The van der Waals surface area contributed by atoms with Crippen molar-refractivity contribution in [3.8, 4) is 0 Å². The fraction of sp³-hybridized carbons (Fsp3) is 0.200. The number of allylic oxidation sites excluding steroid dienone is 2. The Morgan fingerprint density at radius 2 is 1.43 bits per heavy atom. The van der Waals surface area contributed by atoms with Crippen molar-refractivity contribution in [1.29, 1.82) is 0 Å². The number of hydrogen-bond acceptors (Lipinski definition) is 0. The maximum atomic E-state index is 5.43. The van der Waals surface area contributed by atoms with Crippen molar-refractivity contribution in [3.05, 3.63) is 25.3 Å². The number of halogens is 2. The van der Waals surface area contributed by atoms with Gasteiger partial charge in [-0.25, -0.2) is 0 Å². The quantitative estimate of drug-likeness (QED) is 0.405. The lowest BCUT2D eigenvalue weighted by Gasteiger charge is -2.03. The van der Waals surface area contributed by atoms with Gasteiger partial charge in [-0.3, -0.25) is 0 Å². The molecule has 40 valence electrons. The van der Waals surface area contributed by atoms with Gasteiger partial charge in [0.15, 0.2) is 4.33 Å². The molecule has 2 heteroatoms. The predicted octanol–water partition coefficient (Wildman–Crippen LogP) is 2.53. The minimum atomic E-state index is -0.944. The molecular formula is C5H6Cl2. The first-order valence-corrected chi connectivity index (χ1v) is 2.53. The molecule has 0 aliphatic heterocycles. The second kappa shape index (κ2) is 2.39. The van der Waals surface area contributed by atoms with Gasteiger partial charge in [-0.15, -0.1) is 0 Å². The first-order chi connectivity index (χ1) is 3.12. The third-order valence-electron chi connectivity index (χ3n) is 0.544. The summed E-state index contributed by atoms with van der Waals surface area (Å²) >= 11 is 10.9. The fourth-order valence-electron chi connectivity index (χ4n) is 0.0833. The first kappa shape index (κ1) is 7.06. The molecule has 0 aliphatic carbocycles.